The van der Waals surface area contributed by atoms with Crippen molar-refractivity contribution in [1.82, 2.24) is 15.1 Å². The summed E-state index contributed by atoms with van der Waals surface area (Å²) in [4.78, 5) is 5.15. The van der Waals surface area contributed by atoms with Gasteiger partial charge in [-0.2, -0.15) is 0 Å². The molecule has 21 heavy (non-hydrogen) atoms. The van der Waals surface area contributed by atoms with Crippen molar-refractivity contribution in [3.63, 3.8) is 0 Å². The molecule has 2 atom stereocenters. The summed E-state index contributed by atoms with van der Waals surface area (Å²) in [7, 11) is 4.33. The fraction of sp³-hybridized carbons (Fsp3) is 0.667. The van der Waals surface area contributed by atoms with Gasteiger partial charge in [0.25, 0.3) is 0 Å². The molecule has 1 aromatic rings. The second-order valence-corrected chi connectivity index (χ2v) is 6.86. The topological polar surface area (TPSA) is 18.5 Å². The summed E-state index contributed by atoms with van der Waals surface area (Å²) in [6.45, 7) is 10.4. The maximum Gasteiger partial charge on any atom is 0.0475 e. The van der Waals surface area contributed by atoms with Gasteiger partial charge in [0.2, 0.25) is 0 Å². The number of hydrogen-bond donors (Lipinski definition) is 1. The van der Waals surface area contributed by atoms with E-state index in [2.05, 4.69) is 80.3 Å². The van der Waals surface area contributed by atoms with Crippen LogP contribution in [0.4, 0.5) is 0 Å². The Morgan fingerprint density at radius 1 is 1.19 bits per heavy atom. The number of rotatable bonds is 5. The molecule has 1 saturated heterocycles. The van der Waals surface area contributed by atoms with Gasteiger partial charge in [0.15, 0.2) is 0 Å². The summed E-state index contributed by atoms with van der Waals surface area (Å²) >= 11 is 0. The van der Waals surface area contributed by atoms with E-state index in [1.807, 2.05) is 0 Å². The molecule has 2 unspecified atom stereocenters. The Hall–Kier alpha value is -0.900. The predicted molar refractivity (Wildman–Crippen MR) is 90.6 cm³/mol. The van der Waals surface area contributed by atoms with E-state index < -0.39 is 0 Å². The normalized spacial score (nSPS) is 22.9. The number of hydrogen-bond acceptors (Lipinski definition) is 3. The van der Waals surface area contributed by atoms with Gasteiger partial charge in [-0.25, -0.2) is 0 Å². The molecular formula is C18H31N3. The molecule has 118 valence electrons. The van der Waals surface area contributed by atoms with E-state index in [9.17, 15) is 0 Å². The van der Waals surface area contributed by atoms with Crippen LogP contribution < -0.4 is 5.32 Å². The Balaban J connectivity index is 2.18. The van der Waals surface area contributed by atoms with Crippen molar-refractivity contribution < 1.29 is 0 Å². The molecule has 0 amide bonds. The van der Waals surface area contributed by atoms with Crippen LogP contribution in [-0.4, -0.2) is 55.1 Å². The van der Waals surface area contributed by atoms with Crippen molar-refractivity contribution in [2.75, 3.05) is 33.7 Å². The van der Waals surface area contributed by atoms with Gasteiger partial charge in [-0.15, -0.1) is 0 Å². The second-order valence-electron chi connectivity index (χ2n) is 6.86. The highest BCUT2D eigenvalue weighted by Crippen LogP contribution is 2.28. The Labute approximate surface area is 130 Å². The minimum Gasteiger partial charge on any atom is -0.312 e. The SMILES string of the molecule is CCC(C(NC)c1ccccc1)N1CCN(C)C(C)(C)C1. The van der Waals surface area contributed by atoms with E-state index in [1.165, 1.54) is 12.0 Å². The zero-order valence-corrected chi connectivity index (χ0v) is 14.3. The molecule has 1 heterocycles. The molecule has 1 aromatic carbocycles. The second kappa shape index (κ2) is 6.91. The van der Waals surface area contributed by atoms with Crippen molar-refractivity contribution in [1.29, 1.82) is 0 Å². The Morgan fingerprint density at radius 3 is 2.38 bits per heavy atom. The summed E-state index contributed by atoms with van der Waals surface area (Å²) < 4.78 is 0. The van der Waals surface area contributed by atoms with Crippen molar-refractivity contribution in [3.8, 4) is 0 Å². The monoisotopic (exact) mass is 289 g/mol. The predicted octanol–water partition coefficient (Wildman–Crippen LogP) is 2.75. The van der Waals surface area contributed by atoms with Gasteiger partial charge < -0.3 is 5.32 Å². The van der Waals surface area contributed by atoms with Crippen LogP contribution in [0.25, 0.3) is 0 Å². The van der Waals surface area contributed by atoms with E-state index in [1.54, 1.807) is 0 Å². The zero-order chi connectivity index (χ0) is 15.5. The van der Waals surface area contributed by atoms with E-state index >= 15 is 0 Å². The third-order valence-electron chi connectivity index (χ3n) is 5.09. The Morgan fingerprint density at radius 2 is 1.86 bits per heavy atom. The molecule has 1 aliphatic rings. The number of nitrogens with one attached hydrogen (secondary N) is 1. The van der Waals surface area contributed by atoms with Crippen molar-refractivity contribution >= 4 is 0 Å². The molecule has 0 radical (unpaired) electrons. The smallest absolute Gasteiger partial charge is 0.0475 e. The quantitative estimate of drug-likeness (QED) is 0.899. The van der Waals surface area contributed by atoms with Gasteiger partial charge in [0, 0.05) is 37.3 Å². The van der Waals surface area contributed by atoms with Gasteiger partial charge >= 0.3 is 0 Å². The zero-order valence-electron chi connectivity index (χ0n) is 14.3. The maximum absolute atomic E-state index is 3.55. The Bertz CT molecular complexity index is 429. The third-order valence-corrected chi connectivity index (χ3v) is 5.09. The van der Waals surface area contributed by atoms with Crippen LogP contribution in [0, 0.1) is 0 Å². The largest absolute Gasteiger partial charge is 0.312 e. The summed E-state index contributed by atoms with van der Waals surface area (Å²) in [5, 5.41) is 3.55. The lowest BCUT2D eigenvalue weighted by atomic mass is 9.92. The maximum atomic E-state index is 3.55. The molecular weight excluding hydrogens is 258 g/mol. The van der Waals surface area contributed by atoms with Gasteiger partial charge in [-0.1, -0.05) is 37.3 Å². The van der Waals surface area contributed by atoms with Crippen molar-refractivity contribution in [3.05, 3.63) is 35.9 Å². The van der Waals surface area contributed by atoms with Crippen LogP contribution in [-0.2, 0) is 0 Å². The van der Waals surface area contributed by atoms with E-state index in [0.717, 1.165) is 19.6 Å². The summed E-state index contributed by atoms with van der Waals surface area (Å²) in [5.74, 6) is 0. The number of likely N-dealkylation sites (N-methyl/N-ethyl adjacent to an activating group) is 2. The lowest BCUT2D eigenvalue weighted by molar-refractivity contribution is 0.00657. The summed E-state index contributed by atoms with van der Waals surface area (Å²) in [5.41, 5.74) is 1.64. The van der Waals surface area contributed by atoms with Crippen molar-refractivity contribution in [2.45, 2.75) is 44.8 Å². The first-order chi connectivity index (χ1) is 9.99. The minimum atomic E-state index is 0.251. The molecule has 2 rings (SSSR count). The first kappa shape index (κ1) is 16.5. The third kappa shape index (κ3) is 3.65. The van der Waals surface area contributed by atoms with E-state index in [4.69, 9.17) is 0 Å². The molecule has 1 aliphatic heterocycles. The van der Waals surface area contributed by atoms with Crippen molar-refractivity contribution in [2.24, 2.45) is 0 Å². The van der Waals surface area contributed by atoms with Gasteiger partial charge in [0.1, 0.15) is 0 Å². The van der Waals surface area contributed by atoms with Gasteiger partial charge in [0.05, 0.1) is 0 Å². The van der Waals surface area contributed by atoms with E-state index in [0.29, 0.717) is 12.1 Å². The first-order valence-electron chi connectivity index (χ1n) is 8.17. The molecule has 0 aliphatic carbocycles. The fourth-order valence-corrected chi connectivity index (χ4v) is 3.51. The van der Waals surface area contributed by atoms with Gasteiger partial charge in [-0.3, -0.25) is 9.80 Å². The number of nitrogens with zero attached hydrogens (tertiary/aromatic N) is 2. The molecule has 3 nitrogen and oxygen atoms in total. The van der Waals surface area contributed by atoms with E-state index in [-0.39, 0.29) is 5.54 Å². The standard InChI is InChI=1S/C18H31N3/c1-6-16(17(19-4)15-10-8-7-9-11-15)21-13-12-20(5)18(2,3)14-21/h7-11,16-17,19H,6,12-14H2,1-5H3. The average molecular weight is 289 g/mol. The molecule has 0 saturated carbocycles. The molecule has 0 spiro atoms. The molecule has 3 heteroatoms. The number of benzene rings is 1. The fourth-order valence-electron chi connectivity index (χ4n) is 3.51. The minimum absolute atomic E-state index is 0.251. The lowest BCUT2D eigenvalue weighted by Gasteiger charge is -2.49. The average Bonchev–Trinajstić information content (AvgIpc) is 2.48. The van der Waals surface area contributed by atoms with Crippen LogP contribution in [0.15, 0.2) is 30.3 Å². The van der Waals surface area contributed by atoms with Crippen LogP contribution in [0.1, 0.15) is 38.8 Å². The highest BCUT2D eigenvalue weighted by molar-refractivity contribution is 5.21. The highest BCUT2D eigenvalue weighted by Gasteiger charge is 2.36. The summed E-state index contributed by atoms with van der Waals surface area (Å²) in [6, 6.07) is 11.8. The highest BCUT2D eigenvalue weighted by atomic mass is 15.3. The first-order valence-corrected chi connectivity index (χ1v) is 8.17. The lowest BCUT2D eigenvalue weighted by Crippen LogP contribution is -2.61. The van der Waals surface area contributed by atoms with Crippen LogP contribution in [0.3, 0.4) is 0 Å². The van der Waals surface area contributed by atoms with Crippen LogP contribution in [0.2, 0.25) is 0 Å². The Kier molecular flexibility index (Phi) is 5.42. The molecule has 0 aromatic heterocycles. The molecule has 0 bridgehead atoms. The molecule has 1 N–H and O–H groups in total. The van der Waals surface area contributed by atoms with Gasteiger partial charge in [-0.05, 0) is 39.9 Å². The van der Waals surface area contributed by atoms with Crippen LogP contribution >= 0.6 is 0 Å². The van der Waals surface area contributed by atoms with Crippen LogP contribution in [0.5, 0.6) is 0 Å². The molecule has 1 fully saturated rings. The number of piperazine rings is 1. The summed E-state index contributed by atoms with van der Waals surface area (Å²) in [6.07, 6.45) is 1.17.